The molecule has 2 aromatic rings. The third kappa shape index (κ3) is 3.32. The quantitative estimate of drug-likeness (QED) is 0.757. The first-order chi connectivity index (χ1) is 14.2. The van der Waals surface area contributed by atoms with Gasteiger partial charge in [0, 0.05) is 10.6 Å². The monoisotopic (exact) mass is 390 g/mol. The van der Waals surface area contributed by atoms with Crippen molar-refractivity contribution in [1.82, 2.24) is 5.32 Å². The molecule has 3 nitrogen and oxygen atoms in total. The highest BCUT2D eigenvalue weighted by Crippen LogP contribution is 2.48. The maximum atomic E-state index is 15.2. The molecule has 0 aliphatic carbocycles. The van der Waals surface area contributed by atoms with Gasteiger partial charge in [0.2, 0.25) is 0 Å². The van der Waals surface area contributed by atoms with E-state index in [0.29, 0.717) is 21.9 Å². The summed E-state index contributed by atoms with van der Waals surface area (Å²) in [6.45, 7) is 3.50. The van der Waals surface area contributed by atoms with Crippen LogP contribution in [0.5, 0.6) is 11.5 Å². The van der Waals surface area contributed by atoms with Gasteiger partial charge in [0.15, 0.2) is 5.60 Å². The van der Waals surface area contributed by atoms with E-state index in [1.807, 2.05) is 12.1 Å². The number of ether oxygens (including phenoxy) is 2. The Balaban J connectivity index is 1.80. The van der Waals surface area contributed by atoms with E-state index in [9.17, 15) is 0 Å². The smallest absolute Gasteiger partial charge is 0.156 e. The van der Waals surface area contributed by atoms with Gasteiger partial charge in [0.05, 0.1) is 16.7 Å². The number of nitrogens with one attached hydrogen (secondary N) is 1. The number of piperidine rings is 1. The summed E-state index contributed by atoms with van der Waals surface area (Å²) in [4.78, 5) is 0. The Kier molecular flexibility index (Phi) is 3.97. The first kappa shape index (κ1) is 14.9. The number of hydrogen-bond acceptors (Lipinski definition) is 3. The lowest BCUT2D eigenvalue weighted by Crippen LogP contribution is -2.32. The van der Waals surface area contributed by atoms with E-state index in [1.165, 1.54) is 12.1 Å². The Morgan fingerprint density at radius 3 is 2.89 bits per heavy atom. The van der Waals surface area contributed by atoms with Gasteiger partial charge in [0.1, 0.15) is 17.3 Å². The Morgan fingerprint density at radius 2 is 2.11 bits per heavy atom. The fourth-order valence-electron chi connectivity index (χ4n) is 4.00. The van der Waals surface area contributed by atoms with E-state index in [0.717, 1.165) is 31.5 Å². The molecular formula is C22H23ClFNO2. The first-order valence-corrected chi connectivity index (χ1v) is 9.44. The Hall–Kier alpha value is -2.04. The molecule has 0 radical (unpaired) electrons. The van der Waals surface area contributed by atoms with Crippen LogP contribution in [-0.2, 0) is 5.60 Å². The third-order valence-electron chi connectivity index (χ3n) is 5.39. The standard InChI is InChI=1S/C22H23ClFNO2/c1-22(18-7-6-15(23)12-20(18)26-2)13-19(24)17-5-3-4-16(21(17)27-22)14-8-10-25-11-9-14/h3-7,12-14,25H,8-11H2,1-2H3/i2D3. The fraction of sp³-hybridized carbons (Fsp3) is 0.364. The van der Waals surface area contributed by atoms with Crippen molar-refractivity contribution in [2.45, 2.75) is 31.3 Å². The van der Waals surface area contributed by atoms with Crippen molar-refractivity contribution in [3.05, 3.63) is 64.2 Å². The molecule has 4 rings (SSSR count). The zero-order chi connectivity index (χ0) is 21.5. The summed E-state index contributed by atoms with van der Waals surface area (Å²) in [6.07, 6.45) is 3.24. The van der Waals surface area contributed by atoms with Crippen LogP contribution in [-0.4, -0.2) is 20.1 Å². The van der Waals surface area contributed by atoms with Crippen LogP contribution < -0.4 is 14.8 Å². The summed E-state index contributed by atoms with van der Waals surface area (Å²) < 4.78 is 49.2. The van der Waals surface area contributed by atoms with Crippen LogP contribution in [0.1, 0.15) is 46.5 Å². The maximum Gasteiger partial charge on any atom is 0.156 e. The summed E-state index contributed by atoms with van der Waals surface area (Å²) in [5.74, 6) is 0.391. The van der Waals surface area contributed by atoms with Crippen LogP contribution in [0, 0.1) is 0 Å². The van der Waals surface area contributed by atoms with Crippen molar-refractivity contribution in [3.63, 3.8) is 0 Å². The second kappa shape index (κ2) is 7.17. The Labute approximate surface area is 168 Å². The number of benzene rings is 2. The minimum Gasteiger partial charge on any atom is -0.496 e. The fourth-order valence-corrected chi connectivity index (χ4v) is 4.16. The third-order valence-corrected chi connectivity index (χ3v) is 5.62. The average molecular weight is 391 g/mol. The van der Waals surface area contributed by atoms with Crippen LogP contribution in [0.2, 0.25) is 5.02 Å². The number of hydrogen-bond donors (Lipinski definition) is 1. The molecule has 1 unspecified atom stereocenters. The number of para-hydroxylation sites is 1. The predicted octanol–water partition coefficient (Wildman–Crippen LogP) is 5.43. The topological polar surface area (TPSA) is 30.5 Å². The molecule has 1 fully saturated rings. The molecule has 5 heteroatoms. The van der Waals surface area contributed by atoms with Crippen molar-refractivity contribution in [3.8, 4) is 11.5 Å². The lowest BCUT2D eigenvalue weighted by Gasteiger charge is -2.36. The van der Waals surface area contributed by atoms with E-state index in [-0.39, 0.29) is 11.7 Å². The van der Waals surface area contributed by atoms with Crippen molar-refractivity contribution in [2.75, 3.05) is 20.1 Å². The largest absolute Gasteiger partial charge is 0.496 e. The highest BCUT2D eigenvalue weighted by atomic mass is 35.5. The summed E-state index contributed by atoms with van der Waals surface area (Å²) in [6, 6.07) is 10.2. The molecule has 142 valence electrons. The lowest BCUT2D eigenvalue weighted by molar-refractivity contribution is 0.128. The van der Waals surface area contributed by atoms with Gasteiger partial charge in [0.25, 0.3) is 0 Å². The molecule has 2 heterocycles. The van der Waals surface area contributed by atoms with Crippen LogP contribution >= 0.6 is 11.6 Å². The molecule has 0 amide bonds. The minimum absolute atomic E-state index is 0.0387. The summed E-state index contributed by atoms with van der Waals surface area (Å²) >= 11 is 6.07. The number of fused-ring (bicyclic) bond motifs is 1. The second-order valence-electron chi connectivity index (χ2n) is 7.19. The molecule has 2 aromatic carbocycles. The molecule has 0 saturated carbocycles. The van der Waals surface area contributed by atoms with Gasteiger partial charge in [-0.3, -0.25) is 0 Å². The number of rotatable bonds is 3. The zero-order valence-electron chi connectivity index (χ0n) is 18.0. The van der Waals surface area contributed by atoms with E-state index in [4.69, 9.17) is 25.2 Å². The van der Waals surface area contributed by atoms with Gasteiger partial charge in [-0.05, 0) is 74.7 Å². The van der Waals surface area contributed by atoms with Crippen LogP contribution in [0.4, 0.5) is 4.39 Å². The molecule has 0 bridgehead atoms. The SMILES string of the molecule is [2H]C([2H])([2H])Oc1cc(Cl)ccc1C1(C)C=C(F)c2cccc(C3CCNCC3)c2O1. The number of methoxy groups -OCH3 is 1. The summed E-state index contributed by atoms with van der Waals surface area (Å²) in [5, 5.41) is 3.66. The summed E-state index contributed by atoms with van der Waals surface area (Å²) in [5.41, 5.74) is 0.515. The van der Waals surface area contributed by atoms with Gasteiger partial charge < -0.3 is 14.8 Å². The van der Waals surface area contributed by atoms with Crippen LogP contribution in [0.15, 0.2) is 42.5 Å². The zero-order valence-corrected chi connectivity index (χ0v) is 15.8. The molecule has 2 aliphatic rings. The van der Waals surface area contributed by atoms with Gasteiger partial charge in [-0.2, -0.15) is 0 Å². The van der Waals surface area contributed by atoms with Crippen molar-refractivity contribution >= 4 is 17.4 Å². The molecule has 1 saturated heterocycles. The average Bonchev–Trinajstić information content (AvgIpc) is 2.67. The highest BCUT2D eigenvalue weighted by molar-refractivity contribution is 6.30. The van der Waals surface area contributed by atoms with Crippen molar-refractivity contribution in [1.29, 1.82) is 0 Å². The van der Waals surface area contributed by atoms with E-state index >= 15 is 4.39 Å². The highest BCUT2D eigenvalue weighted by Gasteiger charge is 2.37. The molecule has 1 atom stereocenters. The summed E-state index contributed by atoms with van der Waals surface area (Å²) in [7, 11) is -2.68. The molecule has 2 aliphatic heterocycles. The Morgan fingerprint density at radius 1 is 1.30 bits per heavy atom. The Bertz CT molecular complexity index is 989. The normalized spacial score (nSPS) is 24.7. The molecular weight excluding hydrogens is 365 g/mol. The molecule has 27 heavy (non-hydrogen) atoms. The lowest BCUT2D eigenvalue weighted by atomic mass is 9.85. The van der Waals surface area contributed by atoms with Gasteiger partial charge in [-0.25, -0.2) is 4.39 Å². The van der Waals surface area contributed by atoms with Crippen molar-refractivity contribution < 1.29 is 18.0 Å². The van der Waals surface area contributed by atoms with Crippen molar-refractivity contribution in [2.24, 2.45) is 0 Å². The van der Waals surface area contributed by atoms with E-state index < -0.39 is 18.5 Å². The van der Waals surface area contributed by atoms with Crippen LogP contribution in [0.3, 0.4) is 0 Å². The van der Waals surface area contributed by atoms with E-state index in [2.05, 4.69) is 5.32 Å². The minimum atomic E-state index is -2.68. The molecule has 1 N–H and O–H groups in total. The van der Waals surface area contributed by atoms with Gasteiger partial charge in [-0.1, -0.05) is 23.7 Å². The maximum absolute atomic E-state index is 15.2. The first-order valence-electron chi connectivity index (χ1n) is 10.6. The second-order valence-corrected chi connectivity index (χ2v) is 7.63. The molecule has 0 spiro atoms. The van der Waals surface area contributed by atoms with Crippen LogP contribution in [0.25, 0.3) is 5.83 Å². The number of halogens is 2. The van der Waals surface area contributed by atoms with Gasteiger partial charge in [-0.15, -0.1) is 0 Å². The van der Waals surface area contributed by atoms with E-state index in [1.54, 1.807) is 25.1 Å². The molecule has 0 aromatic heterocycles. The predicted molar refractivity (Wildman–Crippen MR) is 106 cm³/mol. The van der Waals surface area contributed by atoms with Gasteiger partial charge >= 0.3 is 0 Å².